The molecule has 0 unspecified atom stereocenters. The largest absolute Gasteiger partial charge is 0.486 e. The van der Waals surface area contributed by atoms with E-state index in [2.05, 4.69) is 26.1 Å². The number of rotatable bonds is 5. The third-order valence-electron chi connectivity index (χ3n) is 3.12. The Kier molecular flexibility index (Phi) is 4.78. The smallest absolute Gasteiger partial charge is 0.178 e. The van der Waals surface area contributed by atoms with E-state index in [1.165, 1.54) is 0 Å². The monoisotopic (exact) mass is 313 g/mol. The summed E-state index contributed by atoms with van der Waals surface area (Å²) in [4.78, 5) is 0.294. The highest BCUT2D eigenvalue weighted by Crippen LogP contribution is 2.32. The van der Waals surface area contributed by atoms with E-state index in [1.54, 1.807) is 18.2 Å². The molecule has 0 bridgehead atoms. The first-order valence-electron chi connectivity index (χ1n) is 7.15. The van der Waals surface area contributed by atoms with E-state index >= 15 is 0 Å². The number of hydrogen-bond acceptors (Lipinski definition) is 5. The predicted octanol–water partition coefficient (Wildman–Crippen LogP) is 2.01. The zero-order chi connectivity index (χ0) is 15.5. The molecule has 2 rings (SSSR count). The van der Waals surface area contributed by atoms with Gasteiger partial charge in [-0.25, -0.2) is 8.42 Å². The molecule has 0 saturated carbocycles. The Hall–Kier alpha value is -1.27. The van der Waals surface area contributed by atoms with Gasteiger partial charge in [-0.2, -0.15) is 0 Å². The maximum absolute atomic E-state index is 12.3. The first kappa shape index (κ1) is 16.1. The molecule has 1 aliphatic heterocycles. The van der Waals surface area contributed by atoms with E-state index in [4.69, 9.17) is 9.47 Å². The molecule has 0 atom stereocenters. The summed E-state index contributed by atoms with van der Waals surface area (Å²) in [7, 11) is -3.29. The zero-order valence-corrected chi connectivity index (χ0v) is 13.6. The Bertz CT molecular complexity index is 590. The first-order chi connectivity index (χ1) is 9.78. The van der Waals surface area contributed by atoms with E-state index in [0.717, 1.165) is 0 Å². The van der Waals surface area contributed by atoms with Crippen molar-refractivity contribution in [3.8, 4) is 11.5 Å². The van der Waals surface area contributed by atoms with Gasteiger partial charge in [0.2, 0.25) is 0 Å². The van der Waals surface area contributed by atoms with Gasteiger partial charge >= 0.3 is 0 Å². The minimum Gasteiger partial charge on any atom is -0.486 e. The fraction of sp³-hybridized carbons (Fsp3) is 0.600. The van der Waals surface area contributed by atoms with Gasteiger partial charge in [-0.15, -0.1) is 0 Å². The summed E-state index contributed by atoms with van der Waals surface area (Å²) in [5.74, 6) is 1.24. The van der Waals surface area contributed by atoms with Crippen LogP contribution in [0.3, 0.4) is 0 Å². The summed E-state index contributed by atoms with van der Waals surface area (Å²) < 4.78 is 35.5. The number of benzene rings is 1. The Labute approximate surface area is 126 Å². The molecule has 118 valence electrons. The van der Waals surface area contributed by atoms with Crippen molar-refractivity contribution < 1.29 is 17.9 Å². The van der Waals surface area contributed by atoms with Crippen LogP contribution in [0.2, 0.25) is 0 Å². The SMILES string of the molecule is CC(C)(C)NCCCS(=O)(=O)c1ccc2c(c1)OCCO2. The number of hydrogen-bond donors (Lipinski definition) is 1. The van der Waals surface area contributed by atoms with Gasteiger partial charge in [0.05, 0.1) is 10.6 Å². The second-order valence-corrected chi connectivity index (χ2v) is 8.26. The molecule has 21 heavy (non-hydrogen) atoms. The second kappa shape index (κ2) is 6.23. The number of sulfone groups is 1. The fourth-order valence-corrected chi connectivity index (χ4v) is 3.38. The van der Waals surface area contributed by atoms with E-state index in [1.807, 2.05) is 0 Å². The van der Waals surface area contributed by atoms with Gasteiger partial charge in [0.1, 0.15) is 13.2 Å². The summed E-state index contributed by atoms with van der Waals surface area (Å²) >= 11 is 0. The maximum atomic E-state index is 12.3. The molecule has 1 heterocycles. The molecule has 1 N–H and O–H groups in total. The molecule has 1 aromatic carbocycles. The van der Waals surface area contributed by atoms with E-state index in [9.17, 15) is 8.42 Å². The van der Waals surface area contributed by atoms with Gasteiger partial charge < -0.3 is 14.8 Å². The van der Waals surface area contributed by atoms with Crippen LogP contribution in [0.15, 0.2) is 23.1 Å². The van der Waals surface area contributed by atoms with E-state index in [0.29, 0.717) is 42.6 Å². The quantitative estimate of drug-likeness (QED) is 0.843. The van der Waals surface area contributed by atoms with Crippen LogP contribution in [-0.2, 0) is 9.84 Å². The van der Waals surface area contributed by atoms with Crippen LogP contribution in [0.25, 0.3) is 0 Å². The molecule has 6 heteroatoms. The van der Waals surface area contributed by atoms with Crippen molar-refractivity contribution in [3.63, 3.8) is 0 Å². The highest BCUT2D eigenvalue weighted by atomic mass is 32.2. The third kappa shape index (κ3) is 4.61. The summed E-state index contributed by atoms with van der Waals surface area (Å²) in [5.41, 5.74) is 0.000754. The fourth-order valence-electron chi connectivity index (χ4n) is 2.06. The molecule has 0 aliphatic carbocycles. The Morgan fingerprint density at radius 2 is 1.81 bits per heavy atom. The van der Waals surface area contributed by atoms with Crippen molar-refractivity contribution in [2.75, 3.05) is 25.5 Å². The van der Waals surface area contributed by atoms with Crippen molar-refractivity contribution in [2.45, 2.75) is 37.6 Å². The third-order valence-corrected chi connectivity index (χ3v) is 4.92. The Balaban J connectivity index is 1.99. The maximum Gasteiger partial charge on any atom is 0.178 e. The van der Waals surface area contributed by atoms with Crippen molar-refractivity contribution in [2.24, 2.45) is 0 Å². The summed E-state index contributed by atoms with van der Waals surface area (Å²) in [6.45, 7) is 7.80. The van der Waals surface area contributed by atoms with E-state index < -0.39 is 9.84 Å². The standard InChI is InChI=1S/C15H23NO4S/c1-15(2,3)16-7-4-10-21(17,18)12-5-6-13-14(11-12)20-9-8-19-13/h5-6,11,16H,4,7-10H2,1-3H3. The lowest BCUT2D eigenvalue weighted by Crippen LogP contribution is -2.36. The van der Waals surface area contributed by atoms with Gasteiger partial charge in [-0.05, 0) is 45.9 Å². The molecule has 5 nitrogen and oxygen atoms in total. The van der Waals surface area contributed by atoms with Gasteiger partial charge in [0.15, 0.2) is 21.3 Å². The summed E-state index contributed by atoms with van der Waals surface area (Å²) in [5, 5.41) is 3.29. The number of ether oxygens (including phenoxy) is 2. The van der Waals surface area contributed by atoms with Crippen LogP contribution in [0.1, 0.15) is 27.2 Å². The van der Waals surface area contributed by atoms with Crippen LogP contribution in [-0.4, -0.2) is 39.5 Å². The predicted molar refractivity (Wildman–Crippen MR) is 81.9 cm³/mol. The Morgan fingerprint density at radius 3 is 2.48 bits per heavy atom. The molecule has 0 spiro atoms. The van der Waals surface area contributed by atoms with Crippen molar-refractivity contribution in [3.05, 3.63) is 18.2 Å². The van der Waals surface area contributed by atoms with Crippen molar-refractivity contribution in [1.29, 1.82) is 0 Å². The van der Waals surface area contributed by atoms with Gasteiger partial charge in [-0.1, -0.05) is 0 Å². The molecule has 1 aliphatic rings. The molecular weight excluding hydrogens is 290 g/mol. The van der Waals surface area contributed by atoms with Crippen molar-refractivity contribution in [1.82, 2.24) is 5.32 Å². The average Bonchev–Trinajstić information content (AvgIpc) is 2.42. The van der Waals surface area contributed by atoms with Crippen LogP contribution in [0.5, 0.6) is 11.5 Å². The van der Waals surface area contributed by atoms with Gasteiger partial charge in [0, 0.05) is 11.6 Å². The lowest BCUT2D eigenvalue weighted by atomic mass is 10.1. The number of nitrogens with one attached hydrogen (secondary N) is 1. The van der Waals surface area contributed by atoms with Gasteiger partial charge in [-0.3, -0.25) is 0 Å². The first-order valence-corrected chi connectivity index (χ1v) is 8.81. The van der Waals surface area contributed by atoms with Crippen LogP contribution >= 0.6 is 0 Å². The highest BCUT2D eigenvalue weighted by molar-refractivity contribution is 7.91. The highest BCUT2D eigenvalue weighted by Gasteiger charge is 2.19. The summed E-state index contributed by atoms with van der Waals surface area (Å²) in [6.07, 6.45) is 0.577. The molecule has 0 radical (unpaired) electrons. The molecule has 0 fully saturated rings. The van der Waals surface area contributed by atoms with Crippen LogP contribution < -0.4 is 14.8 Å². The molecule has 1 aromatic rings. The molecule has 0 amide bonds. The minimum absolute atomic E-state index is 0.000754. The van der Waals surface area contributed by atoms with Crippen molar-refractivity contribution >= 4 is 9.84 Å². The normalized spacial score (nSPS) is 15.0. The average molecular weight is 313 g/mol. The molecular formula is C15H23NO4S. The topological polar surface area (TPSA) is 64.6 Å². The zero-order valence-electron chi connectivity index (χ0n) is 12.8. The van der Waals surface area contributed by atoms with Gasteiger partial charge in [0.25, 0.3) is 0 Å². The Morgan fingerprint density at radius 1 is 1.14 bits per heavy atom. The summed E-state index contributed by atoms with van der Waals surface area (Å²) in [6, 6.07) is 4.80. The lowest BCUT2D eigenvalue weighted by Gasteiger charge is -2.20. The lowest BCUT2D eigenvalue weighted by molar-refractivity contribution is 0.171. The number of fused-ring (bicyclic) bond motifs is 1. The van der Waals surface area contributed by atoms with Crippen LogP contribution in [0, 0.1) is 0 Å². The molecule has 0 saturated heterocycles. The minimum atomic E-state index is -3.29. The van der Waals surface area contributed by atoms with Crippen LogP contribution in [0.4, 0.5) is 0 Å². The van der Waals surface area contributed by atoms with E-state index in [-0.39, 0.29) is 11.3 Å². The second-order valence-electron chi connectivity index (χ2n) is 6.15. The molecule has 0 aromatic heterocycles.